The van der Waals surface area contributed by atoms with Gasteiger partial charge in [0.2, 0.25) is 0 Å². The first-order valence-corrected chi connectivity index (χ1v) is 3.09. The molecule has 56 valence electrons. The molecule has 0 amide bonds. The van der Waals surface area contributed by atoms with E-state index in [0.717, 1.165) is 6.92 Å². The summed E-state index contributed by atoms with van der Waals surface area (Å²) in [5.74, 6) is -2.69. The molecule has 0 aliphatic carbocycles. The minimum Gasteiger partial charge on any atom is -0.288 e. The van der Waals surface area contributed by atoms with Gasteiger partial charge in [-0.05, 0) is 12.5 Å². The first-order chi connectivity index (χ1) is 4.52. The standard InChI is InChI=1S/C7H9F2N/c1-5-3-10-4-6(5)7(2,8)9/h3H,4H2,1-2H3. The van der Waals surface area contributed by atoms with Gasteiger partial charge in [0.15, 0.2) is 0 Å². The van der Waals surface area contributed by atoms with Crippen molar-refractivity contribution < 1.29 is 8.78 Å². The van der Waals surface area contributed by atoms with Crippen LogP contribution in [0.5, 0.6) is 0 Å². The van der Waals surface area contributed by atoms with Crippen LogP contribution in [0.2, 0.25) is 0 Å². The zero-order chi connectivity index (χ0) is 7.78. The van der Waals surface area contributed by atoms with E-state index in [-0.39, 0.29) is 12.1 Å². The van der Waals surface area contributed by atoms with Gasteiger partial charge in [-0.1, -0.05) is 0 Å². The molecule has 1 heterocycles. The third kappa shape index (κ3) is 1.23. The summed E-state index contributed by atoms with van der Waals surface area (Å²) in [6.07, 6.45) is 1.49. The van der Waals surface area contributed by atoms with Crippen molar-refractivity contribution in [3.63, 3.8) is 0 Å². The largest absolute Gasteiger partial charge is 0.288 e. The molecule has 1 aliphatic heterocycles. The van der Waals surface area contributed by atoms with Crippen molar-refractivity contribution in [2.45, 2.75) is 19.8 Å². The van der Waals surface area contributed by atoms with Gasteiger partial charge in [-0.3, -0.25) is 4.99 Å². The molecule has 10 heavy (non-hydrogen) atoms. The Bertz CT molecular complexity index is 198. The third-order valence-electron chi connectivity index (χ3n) is 1.54. The van der Waals surface area contributed by atoms with Crippen LogP contribution in [0.3, 0.4) is 0 Å². The highest BCUT2D eigenvalue weighted by molar-refractivity contribution is 5.82. The van der Waals surface area contributed by atoms with Crippen LogP contribution in [0.25, 0.3) is 0 Å². The Hall–Kier alpha value is -0.730. The maximum absolute atomic E-state index is 12.5. The van der Waals surface area contributed by atoms with Crippen LogP contribution in [0, 0.1) is 0 Å². The number of nitrogens with zero attached hydrogens (tertiary/aromatic N) is 1. The predicted molar refractivity (Wildman–Crippen MR) is 36.7 cm³/mol. The smallest absolute Gasteiger partial charge is 0.268 e. The van der Waals surface area contributed by atoms with Crippen molar-refractivity contribution in [2.75, 3.05) is 6.54 Å². The molecule has 0 unspecified atom stereocenters. The van der Waals surface area contributed by atoms with Crippen LogP contribution in [-0.4, -0.2) is 18.7 Å². The van der Waals surface area contributed by atoms with Gasteiger partial charge in [-0.25, -0.2) is 8.78 Å². The highest BCUT2D eigenvalue weighted by Gasteiger charge is 2.30. The summed E-state index contributed by atoms with van der Waals surface area (Å²) in [5.41, 5.74) is 0.750. The van der Waals surface area contributed by atoms with Gasteiger partial charge in [0.05, 0.1) is 6.54 Å². The molecular weight excluding hydrogens is 136 g/mol. The van der Waals surface area contributed by atoms with E-state index in [2.05, 4.69) is 4.99 Å². The highest BCUT2D eigenvalue weighted by Crippen LogP contribution is 2.27. The number of allylic oxidation sites excluding steroid dienone is 1. The van der Waals surface area contributed by atoms with Crippen LogP contribution in [0.1, 0.15) is 13.8 Å². The summed E-state index contributed by atoms with van der Waals surface area (Å²) in [6.45, 7) is 2.72. The van der Waals surface area contributed by atoms with Crippen LogP contribution < -0.4 is 0 Å². The SMILES string of the molecule is CC1=C(C(C)(F)F)CN=C1. The van der Waals surface area contributed by atoms with Gasteiger partial charge in [0.1, 0.15) is 0 Å². The predicted octanol–water partition coefficient (Wildman–Crippen LogP) is 2.04. The summed E-state index contributed by atoms with van der Waals surface area (Å²) < 4.78 is 25.1. The average Bonchev–Trinajstić information content (AvgIpc) is 2.11. The summed E-state index contributed by atoms with van der Waals surface area (Å²) >= 11 is 0. The van der Waals surface area contributed by atoms with Crippen molar-refractivity contribution >= 4 is 6.21 Å². The number of aliphatic imine (C=N–C) groups is 1. The van der Waals surface area contributed by atoms with Crippen molar-refractivity contribution in [1.82, 2.24) is 0 Å². The molecule has 1 aliphatic rings. The monoisotopic (exact) mass is 145 g/mol. The van der Waals surface area contributed by atoms with Gasteiger partial charge >= 0.3 is 0 Å². The van der Waals surface area contributed by atoms with E-state index in [4.69, 9.17) is 0 Å². The minimum absolute atomic E-state index is 0.146. The molecule has 0 fully saturated rings. The second kappa shape index (κ2) is 2.15. The molecule has 0 aromatic rings. The molecule has 0 aromatic heterocycles. The zero-order valence-corrected chi connectivity index (χ0v) is 5.99. The van der Waals surface area contributed by atoms with Crippen molar-refractivity contribution in [2.24, 2.45) is 4.99 Å². The molecule has 0 saturated carbocycles. The number of hydrogen-bond donors (Lipinski definition) is 0. The summed E-state index contributed by atoms with van der Waals surface area (Å²) in [4.78, 5) is 3.73. The molecule has 0 N–H and O–H groups in total. The molecule has 0 radical (unpaired) electrons. The molecule has 0 saturated heterocycles. The number of alkyl halides is 2. The van der Waals surface area contributed by atoms with Gasteiger partial charge in [0.25, 0.3) is 5.92 Å². The van der Waals surface area contributed by atoms with Crippen LogP contribution in [0.4, 0.5) is 8.78 Å². The van der Waals surface area contributed by atoms with Gasteiger partial charge < -0.3 is 0 Å². The Kier molecular flexibility index (Phi) is 1.58. The second-order valence-electron chi connectivity index (χ2n) is 2.52. The number of halogens is 2. The normalized spacial score (nSPS) is 18.8. The summed E-state index contributed by atoms with van der Waals surface area (Å²) in [6, 6.07) is 0. The quantitative estimate of drug-likeness (QED) is 0.535. The van der Waals surface area contributed by atoms with E-state index >= 15 is 0 Å². The minimum atomic E-state index is -2.69. The average molecular weight is 145 g/mol. The number of hydrogen-bond acceptors (Lipinski definition) is 1. The Morgan fingerprint density at radius 1 is 1.60 bits per heavy atom. The van der Waals surface area contributed by atoms with Crippen molar-refractivity contribution in [3.05, 3.63) is 11.1 Å². The van der Waals surface area contributed by atoms with E-state index in [1.54, 1.807) is 6.92 Å². The van der Waals surface area contributed by atoms with Crippen LogP contribution in [-0.2, 0) is 0 Å². The lowest BCUT2D eigenvalue weighted by molar-refractivity contribution is 0.0621. The van der Waals surface area contributed by atoms with E-state index in [0.29, 0.717) is 5.57 Å². The fourth-order valence-electron chi connectivity index (χ4n) is 0.962. The maximum Gasteiger partial charge on any atom is 0.268 e. The molecule has 0 bridgehead atoms. The third-order valence-corrected chi connectivity index (χ3v) is 1.54. The lowest BCUT2D eigenvalue weighted by atomic mass is 10.1. The van der Waals surface area contributed by atoms with E-state index in [1.165, 1.54) is 6.21 Å². The Morgan fingerprint density at radius 2 is 2.20 bits per heavy atom. The van der Waals surface area contributed by atoms with Gasteiger partial charge in [0, 0.05) is 18.7 Å². The maximum atomic E-state index is 12.5. The molecule has 3 heteroatoms. The molecule has 1 nitrogen and oxygen atoms in total. The Morgan fingerprint density at radius 3 is 2.40 bits per heavy atom. The molecular formula is C7H9F2N. The first-order valence-electron chi connectivity index (χ1n) is 3.09. The van der Waals surface area contributed by atoms with Crippen molar-refractivity contribution in [3.8, 4) is 0 Å². The van der Waals surface area contributed by atoms with E-state index in [1.807, 2.05) is 0 Å². The van der Waals surface area contributed by atoms with Crippen LogP contribution >= 0.6 is 0 Å². The van der Waals surface area contributed by atoms with Gasteiger partial charge in [-0.15, -0.1) is 0 Å². The lowest BCUT2D eigenvalue weighted by Crippen LogP contribution is -2.15. The molecule has 1 rings (SSSR count). The number of rotatable bonds is 1. The second-order valence-corrected chi connectivity index (χ2v) is 2.52. The Balaban J connectivity index is 2.86. The lowest BCUT2D eigenvalue weighted by Gasteiger charge is -2.11. The topological polar surface area (TPSA) is 12.4 Å². The molecule has 0 aromatic carbocycles. The highest BCUT2D eigenvalue weighted by atomic mass is 19.3. The Labute approximate surface area is 58.5 Å². The molecule has 0 atom stereocenters. The first kappa shape index (κ1) is 7.38. The fourth-order valence-corrected chi connectivity index (χ4v) is 0.962. The van der Waals surface area contributed by atoms with Crippen molar-refractivity contribution in [1.29, 1.82) is 0 Å². The summed E-state index contributed by atoms with van der Waals surface area (Å²) in [7, 11) is 0. The molecule has 0 spiro atoms. The van der Waals surface area contributed by atoms with Gasteiger partial charge in [-0.2, -0.15) is 0 Å². The summed E-state index contributed by atoms with van der Waals surface area (Å²) in [5, 5.41) is 0. The fraction of sp³-hybridized carbons (Fsp3) is 0.571. The van der Waals surface area contributed by atoms with E-state index in [9.17, 15) is 8.78 Å². The van der Waals surface area contributed by atoms with E-state index < -0.39 is 5.92 Å². The van der Waals surface area contributed by atoms with Crippen LogP contribution in [0.15, 0.2) is 16.1 Å². The zero-order valence-electron chi connectivity index (χ0n) is 5.99.